The van der Waals surface area contributed by atoms with Gasteiger partial charge in [0.05, 0.1) is 5.69 Å². The first kappa shape index (κ1) is 11.3. The van der Waals surface area contributed by atoms with Gasteiger partial charge in [-0.05, 0) is 37.7 Å². The summed E-state index contributed by atoms with van der Waals surface area (Å²) in [6.07, 6.45) is 5.80. The van der Waals surface area contributed by atoms with Gasteiger partial charge in [0.1, 0.15) is 0 Å². The van der Waals surface area contributed by atoms with Crippen LogP contribution in [0.2, 0.25) is 0 Å². The maximum Gasteiger partial charge on any atom is 0.0625 e. The Morgan fingerprint density at radius 3 is 2.71 bits per heavy atom. The van der Waals surface area contributed by atoms with Gasteiger partial charge in [-0.25, -0.2) is 0 Å². The Balaban J connectivity index is 2.58. The molecule has 0 aromatic carbocycles. The molecular formula is C12H22N2. The standard InChI is InChI=1S/C12H22N2/c1-5-8-14-9-12(11(4)13-14)7-6-10(2)3/h9-10H,5-8H2,1-4H3. The fourth-order valence-corrected chi connectivity index (χ4v) is 1.59. The van der Waals surface area contributed by atoms with E-state index < -0.39 is 0 Å². The SMILES string of the molecule is CCCn1cc(CCC(C)C)c(C)n1. The zero-order chi connectivity index (χ0) is 10.6. The predicted octanol–water partition coefficient (Wildman–Crippen LogP) is 3.19. The normalized spacial score (nSPS) is 11.2. The monoisotopic (exact) mass is 194 g/mol. The first-order valence-electron chi connectivity index (χ1n) is 5.66. The van der Waals surface area contributed by atoms with Gasteiger partial charge >= 0.3 is 0 Å². The first-order valence-corrected chi connectivity index (χ1v) is 5.66. The predicted molar refractivity (Wildman–Crippen MR) is 60.4 cm³/mol. The number of hydrogen-bond donors (Lipinski definition) is 0. The zero-order valence-electron chi connectivity index (χ0n) is 9.88. The van der Waals surface area contributed by atoms with Crippen LogP contribution in [0.15, 0.2) is 6.20 Å². The summed E-state index contributed by atoms with van der Waals surface area (Å²) in [5, 5.41) is 4.49. The van der Waals surface area contributed by atoms with E-state index in [0.29, 0.717) is 0 Å². The van der Waals surface area contributed by atoms with E-state index in [0.717, 1.165) is 18.9 Å². The van der Waals surface area contributed by atoms with E-state index in [2.05, 4.69) is 43.7 Å². The van der Waals surface area contributed by atoms with E-state index >= 15 is 0 Å². The Hall–Kier alpha value is -0.790. The van der Waals surface area contributed by atoms with Gasteiger partial charge in [-0.3, -0.25) is 4.68 Å². The Kier molecular flexibility index (Phi) is 4.18. The van der Waals surface area contributed by atoms with Crippen LogP contribution in [-0.2, 0) is 13.0 Å². The van der Waals surface area contributed by atoms with Gasteiger partial charge in [-0.2, -0.15) is 5.10 Å². The van der Waals surface area contributed by atoms with Crippen LogP contribution in [0.4, 0.5) is 0 Å². The molecule has 0 saturated carbocycles. The van der Waals surface area contributed by atoms with E-state index in [1.807, 2.05) is 0 Å². The molecule has 0 atom stereocenters. The minimum atomic E-state index is 0.781. The van der Waals surface area contributed by atoms with Crippen molar-refractivity contribution < 1.29 is 0 Å². The molecule has 80 valence electrons. The minimum absolute atomic E-state index is 0.781. The van der Waals surface area contributed by atoms with E-state index in [4.69, 9.17) is 0 Å². The topological polar surface area (TPSA) is 17.8 Å². The molecule has 0 aliphatic heterocycles. The molecule has 1 aromatic rings. The van der Waals surface area contributed by atoms with Crippen molar-refractivity contribution in [2.75, 3.05) is 0 Å². The molecule has 0 bridgehead atoms. The minimum Gasteiger partial charge on any atom is -0.272 e. The zero-order valence-corrected chi connectivity index (χ0v) is 9.88. The van der Waals surface area contributed by atoms with Crippen molar-refractivity contribution in [1.29, 1.82) is 0 Å². The first-order chi connectivity index (χ1) is 6.63. The highest BCUT2D eigenvalue weighted by molar-refractivity contribution is 5.15. The summed E-state index contributed by atoms with van der Waals surface area (Å²) >= 11 is 0. The Morgan fingerprint density at radius 1 is 1.43 bits per heavy atom. The number of hydrogen-bond acceptors (Lipinski definition) is 1. The number of nitrogens with zero attached hydrogens (tertiary/aromatic N) is 2. The maximum atomic E-state index is 4.49. The Morgan fingerprint density at radius 2 is 2.14 bits per heavy atom. The molecule has 0 aliphatic rings. The quantitative estimate of drug-likeness (QED) is 0.704. The summed E-state index contributed by atoms with van der Waals surface area (Å²) in [5.41, 5.74) is 2.63. The van der Waals surface area contributed by atoms with Crippen LogP contribution in [0.5, 0.6) is 0 Å². The van der Waals surface area contributed by atoms with Crippen LogP contribution >= 0.6 is 0 Å². The summed E-state index contributed by atoms with van der Waals surface area (Å²) in [5.74, 6) is 0.781. The molecule has 0 spiro atoms. The van der Waals surface area contributed by atoms with Crippen molar-refractivity contribution in [3.8, 4) is 0 Å². The molecule has 0 aliphatic carbocycles. The highest BCUT2D eigenvalue weighted by atomic mass is 15.3. The lowest BCUT2D eigenvalue weighted by atomic mass is 10.0. The number of aryl methyl sites for hydroxylation is 3. The van der Waals surface area contributed by atoms with E-state index in [9.17, 15) is 0 Å². The van der Waals surface area contributed by atoms with E-state index in [1.165, 1.54) is 24.1 Å². The van der Waals surface area contributed by atoms with Crippen LogP contribution in [0.3, 0.4) is 0 Å². The third-order valence-electron chi connectivity index (χ3n) is 2.49. The van der Waals surface area contributed by atoms with Crippen molar-refractivity contribution >= 4 is 0 Å². The summed E-state index contributed by atoms with van der Waals surface area (Å²) in [6.45, 7) is 9.88. The van der Waals surface area contributed by atoms with Crippen LogP contribution in [-0.4, -0.2) is 9.78 Å². The largest absolute Gasteiger partial charge is 0.272 e. The second-order valence-corrected chi connectivity index (χ2v) is 4.44. The average molecular weight is 194 g/mol. The third-order valence-corrected chi connectivity index (χ3v) is 2.49. The van der Waals surface area contributed by atoms with E-state index in [1.54, 1.807) is 0 Å². The molecule has 0 N–H and O–H groups in total. The van der Waals surface area contributed by atoms with Crippen LogP contribution in [0, 0.1) is 12.8 Å². The fourth-order valence-electron chi connectivity index (χ4n) is 1.59. The van der Waals surface area contributed by atoms with Crippen LogP contribution in [0.25, 0.3) is 0 Å². The van der Waals surface area contributed by atoms with Gasteiger partial charge in [0, 0.05) is 12.7 Å². The molecule has 0 unspecified atom stereocenters. The van der Waals surface area contributed by atoms with Crippen LogP contribution < -0.4 is 0 Å². The lowest BCUT2D eigenvalue weighted by Crippen LogP contribution is -1.96. The molecule has 2 nitrogen and oxygen atoms in total. The highest BCUT2D eigenvalue weighted by Gasteiger charge is 2.04. The van der Waals surface area contributed by atoms with Crippen molar-refractivity contribution in [2.24, 2.45) is 5.92 Å². The second-order valence-electron chi connectivity index (χ2n) is 4.44. The summed E-state index contributed by atoms with van der Waals surface area (Å²) in [6, 6.07) is 0. The molecule has 2 heteroatoms. The van der Waals surface area contributed by atoms with Gasteiger partial charge in [-0.15, -0.1) is 0 Å². The molecule has 1 heterocycles. The Labute approximate surface area is 87.3 Å². The summed E-state index contributed by atoms with van der Waals surface area (Å²) in [7, 11) is 0. The van der Waals surface area contributed by atoms with Gasteiger partial charge in [0.2, 0.25) is 0 Å². The van der Waals surface area contributed by atoms with Crippen LogP contribution in [0.1, 0.15) is 44.9 Å². The van der Waals surface area contributed by atoms with Gasteiger partial charge in [-0.1, -0.05) is 20.8 Å². The Bertz CT molecular complexity index is 274. The highest BCUT2D eigenvalue weighted by Crippen LogP contribution is 2.12. The molecule has 14 heavy (non-hydrogen) atoms. The van der Waals surface area contributed by atoms with E-state index in [-0.39, 0.29) is 0 Å². The van der Waals surface area contributed by atoms with Crippen molar-refractivity contribution in [1.82, 2.24) is 9.78 Å². The van der Waals surface area contributed by atoms with Gasteiger partial charge < -0.3 is 0 Å². The lowest BCUT2D eigenvalue weighted by molar-refractivity contribution is 0.583. The average Bonchev–Trinajstić information content (AvgIpc) is 2.44. The molecular weight excluding hydrogens is 172 g/mol. The molecule has 0 saturated heterocycles. The van der Waals surface area contributed by atoms with Gasteiger partial charge in [0.25, 0.3) is 0 Å². The summed E-state index contributed by atoms with van der Waals surface area (Å²) < 4.78 is 2.07. The maximum absolute atomic E-state index is 4.49. The second kappa shape index (κ2) is 5.18. The third kappa shape index (κ3) is 3.17. The van der Waals surface area contributed by atoms with Crippen molar-refractivity contribution in [3.05, 3.63) is 17.5 Å². The molecule has 0 amide bonds. The van der Waals surface area contributed by atoms with Crippen molar-refractivity contribution in [3.63, 3.8) is 0 Å². The van der Waals surface area contributed by atoms with Gasteiger partial charge in [0.15, 0.2) is 0 Å². The molecule has 0 radical (unpaired) electrons. The molecule has 0 fully saturated rings. The lowest BCUT2D eigenvalue weighted by Gasteiger charge is -2.02. The number of rotatable bonds is 5. The number of aromatic nitrogens is 2. The molecule has 1 rings (SSSR count). The smallest absolute Gasteiger partial charge is 0.0625 e. The molecule has 1 aromatic heterocycles. The fraction of sp³-hybridized carbons (Fsp3) is 0.750. The summed E-state index contributed by atoms with van der Waals surface area (Å²) in [4.78, 5) is 0. The van der Waals surface area contributed by atoms with Crippen molar-refractivity contribution in [2.45, 2.75) is 53.5 Å².